The van der Waals surface area contributed by atoms with E-state index in [1.807, 2.05) is 0 Å². The van der Waals surface area contributed by atoms with E-state index in [9.17, 15) is 0 Å². The van der Waals surface area contributed by atoms with Gasteiger partial charge in [-0.15, -0.1) is 0 Å². The van der Waals surface area contributed by atoms with Crippen LogP contribution in [0.25, 0.3) is 0 Å². The van der Waals surface area contributed by atoms with E-state index in [-0.39, 0.29) is 6.10 Å². The zero-order valence-corrected chi connectivity index (χ0v) is 3.22. The van der Waals surface area contributed by atoms with E-state index in [0.717, 1.165) is 0 Å². The van der Waals surface area contributed by atoms with Gasteiger partial charge in [-0.05, 0) is 6.92 Å². The van der Waals surface area contributed by atoms with Crippen LogP contribution in [0.4, 0.5) is 0 Å². The highest BCUT2D eigenvalue weighted by molar-refractivity contribution is 4.54. The Balaban J connectivity index is 2.18. The normalized spacial score (nSPS) is 34.5. The van der Waals surface area contributed by atoms with Crippen molar-refractivity contribution in [3.05, 3.63) is 6.92 Å². The largest absolute Gasteiger partial charge is 0.203 e. The van der Waals surface area contributed by atoms with Crippen LogP contribution in [0.3, 0.4) is 0 Å². The van der Waals surface area contributed by atoms with E-state index >= 15 is 0 Å². The second-order valence-corrected chi connectivity index (χ2v) is 1.07. The first-order valence-electron chi connectivity index (χ1n) is 1.67. The maximum Gasteiger partial charge on any atom is 0.123 e. The first-order valence-corrected chi connectivity index (χ1v) is 1.67. The Bertz CT molecular complexity index is 39.3. The van der Waals surface area contributed by atoms with E-state index < -0.39 is 0 Å². The van der Waals surface area contributed by atoms with Crippen LogP contribution in [0.2, 0.25) is 0 Å². The molecule has 3 heteroatoms. The lowest BCUT2D eigenvalue weighted by molar-refractivity contribution is -0.457. The van der Waals surface area contributed by atoms with Gasteiger partial charge in [-0.1, -0.05) is 5.04 Å². The topological polar surface area (TPSA) is 27.7 Å². The molecular formula is C3H5O3. The van der Waals surface area contributed by atoms with Crippen molar-refractivity contribution in [2.24, 2.45) is 0 Å². The van der Waals surface area contributed by atoms with E-state index in [4.69, 9.17) is 0 Å². The number of hydrogen-bond donors (Lipinski definition) is 0. The first kappa shape index (κ1) is 4.05. The fourth-order valence-corrected chi connectivity index (χ4v) is 0.215. The molecule has 0 amide bonds. The van der Waals surface area contributed by atoms with Crippen LogP contribution in [0.1, 0.15) is 0 Å². The number of hydrogen-bond acceptors (Lipinski definition) is 3. The van der Waals surface area contributed by atoms with Crippen molar-refractivity contribution in [1.29, 1.82) is 0 Å². The fraction of sp³-hybridized carbons (Fsp3) is 0.667. The monoisotopic (exact) mass is 89.0 g/mol. The second-order valence-electron chi connectivity index (χ2n) is 1.07. The van der Waals surface area contributed by atoms with Crippen LogP contribution in [0.5, 0.6) is 0 Å². The SMILES string of the molecule is [CH2]C1COOO1. The van der Waals surface area contributed by atoms with Crippen molar-refractivity contribution < 1.29 is 14.8 Å². The summed E-state index contributed by atoms with van der Waals surface area (Å²) in [5.41, 5.74) is 0. The molecule has 0 aromatic heterocycles. The molecule has 1 heterocycles. The summed E-state index contributed by atoms with van der Waals surface area (Å²) in [6, 6.07) is 0. The Labute approximate surface area is 35.7 Å². The highest BCUT2D eigenvalue weighted by Crippen LogP contribution is 2.00. The smallest absolute Gasteiger partial charge is 0.123 e. The molecule has 3 nitrogen and oxygen atoms in total. The van der Waals surface area contributed by atoms with Gasteiger partial charge in [0.25, 0.3) is 0 Å². The molecule has 35 valence electrons. The van der Waals surface area contributed by atoms with E-state index in [2.05, 4.69) is 21.7 Å². The Morgan fingerprint density at radius 2 is 2.50 bits per heavy atom. The zero-order valence-electron chi connectivity index (χ0n) is 3.22. The summed E-state index contributed by atoms with van der Waals surface area (Å²) in [6.45, 7) is 3.90. The molecule has 0 aliphatic carbocycles. The Hall–Kier alpha value is -0.120. The summed E-state index contributed by atoms with van der Waals surface area (Å²) >= 11 is 0. The van der Waals surface area contributed by atoms with Crippen molar-refractivity contribution >= 4 is 0 Å². The third kappa shape index (κ3) is 0.680. The Kier molecular flexibility index (Phi) is 1.05. The molecule has 1 aliphatic rings. The lowest BCUT2D eigenvalue weighted by Crippen LogP contribution is -2.00. The van der Waals surface area contributed by atoms with Crippen molar-refractivity contribution in [2.75, 3.05) is 6.61 Å². The molecule has 0 N–H and O–H groups in total. The molecule has 0 aromatic rings. The predicted molar refractivity (Wildman–Crippen MR) is 17.3 cm³/mol. The average Bonchev–Trinajstić information content (AvgIpc) is 1.86. The Morgan fingerprint density at radius 3 is 2.67 bits per heavy atom. The zero-order chi connectivity index (χ0) is 4.41. The van der Waals surface area contributed by atoms with Crippen molar-refractivity contribution in [3.8, 4) is 0 Å². The van der Waals surface area contributed by atoms with Gasteiger partial charge in [0, 0.05) is 0 Å². The van der Waals surface area contributed by atoms with Crippen LogP contribution in [0.15, 0.2) is 0 Å². The molecule has 1 unspecified atom stereocenters. The van der Waals surface area contributed by atoms with Crippen LogP contribution < -0.4 is 0 Å². The molecule has 0 saturated carbocycles. The highest BCUT2D eigenvalue weighted by Gasteiger charge is 2.11. The molecule has 1 fully saturated rings. The lowest BCUT2D eigenvalue weighted by Gasteiger charge is -1.85. The Morgan fingerprint density at radius 1 is 1.67 bits per heavy atom. The van der Waals surface area contributed by atoms with Gasteiger partial charge in [-0.3, -0.25) is 0 Å². The van der Waals surface area contributed by atoms with Crippen LogP contribution in [-0.2, 0) is 14.8 Å². The summed E-state index contributed by atoms with van der Waals surface area (Å²) in [4.78, 5) is 8.59. The molecule has 1 atom stereocenters. The minimum Gasteiger partial charge on any atom is -0.203 e. The summed E-state index contributed by atoms with van der Waals surface area (Å²) in [5, 5.41) is 3.99. The van der Waals surface area contributed by atoms with Gasteiger partial charge >= 0.3 is 0 Å². The summed E-state index contributed by atoms with van der Waals surface area (Å²) < 4.78 is 0. The third-order valence-electron chi connectivity index (χ3n) is 0.477. The highest BCUT2D eigenvalue weighted by atomic mass is 17.5. The third-order valence-corrected chi connectivity index (χ3v) is 0.477. The van der Waals surface area contributed by atoms with E-state index in [1.165, 1.54) is 0 Å². The van der Waals surface area contributed by atoms with Gasteiger partial charge in [0.05, 0.1) is 0 Å². The molecule has 0 aromatic carbocycles. The molecule has 6 heavy (non-hydrogen) atoms. The molecule has 1 aliphatic heterocycles. The van der Waals surface area contributed by atoms with Crippen LogP contribution in [0, 0.1) is 6.92 Å². The van der Waals surface area contributed by atoms with E-state index in [1.54, 1.807) is 0 Å². The quantitative estimate of drug-likeness (QED) is 0.393. The van der Waals surface area contributed by atoms with Gasteiger partial charge in [0.2, 0.25) is 0 Å². The standard InChI is InChI=1S/C3H5O3/c1-3-2-4-6-5-3/h3H,1-2H2. The maximum absolute atomic E-state index is 4.32. The van der Waals surface area contributed by atoms with E-state index in [0.29, 0.717) is 6.61 Å². The lowest BCUT2D eigenvalue weighted by atomic mass is 10.5. The van der Waals surface area contributed by atoms with Gasteiger partial charge in [0.15, 0.2) is 0 Å². The van der Waals surface area contributed by atoms with Crippen molar-refractivity contribution in [3.63, 3.8) is 0 Å². The average molecular weight is 89.1 g/mol. The second kappa shape index (κ2) is 1.55. The molecule has 0 spiro atoms. The van der Waals surface area contributed by atoms with Gasteiger partial charge in [0.1, 0.15) is 12.7 Å². The molecular weight excluding hydrogens is 84.0 g/mol. The molecule has 1 saturated heterocycles. The van der Waals surface area contributed by atoms with Gasteiger partial charge in [-0.25, -0.2) is 9.78 Å². The molecule has 1 rings (SSSR count). The van der Waals surface area contributed by atoms with Crippen LogP contribution >= 0.6 is 0 Å². The summed E-state index contributed by atoms with van der Waals surface area (Å²) in [5.74, 6) is 0. The summed E-state index contributed by atoms with van der Waals surface area (Å²) in [6.07, 6.45) is -0.148. The van der Waals surface area contributed by atoms with Crippen LogP contribution in [-0.4, -0.2) is 12.7 Å². The number of rotatable bonds is 0. The predicted octanol–water partition coefficient (Wildman–Crippen LogP) is 0.0825. The maximum atomic E-state index is 4.32. The molecule has 1 radical (unpaired) electrons. The van der Waals surface area contributed by atoms with Crippen molar-refractivity contribution in [2.45, 2.75) is 6.10 Å². The molecule has 0 bridgehead atoms. The first-order chi connectivity index (χ1) is 2.89. The van der Waals surface area contributed by atoms with Gasteiger partial charge in [-0.2, -0.15) is 0 Å². The van der Waals surface area contributed by atoms with Crippen molar-refractivity contribution in [1.82, 2.24) is 0 Å². The fourth-order valence-electron chi connectivity index (χ4n) is 0.215. The minimum atomic E-state index is -0.148. The minimum absolute atomic E-state index is 0.148. The summed E-state index contributed by atoms with van der Waals surface area (Å²) in [7, 11) is 0. The van der Waals surface area contributed by atoms with Gasteiger partial charge < -0.3 is 0 Å².